The van der Waals surface area contributed by atoms with Crippen molar-refractivity contribution in [2.24, 2.45) is 5.10 Å². The maximum Gasteiger partial charge on any atom is 0.116 e. The number of nitrogens with one attached hydrogen (secondary N) is 1. The SMILES string of the molecule is Oc1ccc2c(c1)C=CC=NN2. The molecule has 0 saturated heterocycles. The lowest BCUT2D eigenvalue weighted by Crippen LogP contribution is -1.88. The average Bonchev–Trinajstić information content (AvgIpc) is 2.28. The molecule has 0 aromatic heterocycles. The van der Waals surface area contributed by atoms with Gasteiger partial charge in [0.25, 0.3) is 0 Å². The van der Waals surface area contributed by atoms with E-state index in [4.69, 9.17) is 0 Å². The maximum absolute atomic E-state index is 9.18. The standard InChI is InChI=1S/C9H8N2O/c12-8-3-4-9-7(6-8)2-1-5-10-11-9/h1-6,11-12H. The number of benzene rings is 1. The third kappa shape index (κ3) is 1.16. The molecule has 1 aliphatic heterocycles. The van der Waals surface area contributed by atoms with Gasteiger partial charge in [-0.3, -0.25) is 5.43 Å². The van der Waals surface area contributed by atoms with E-state index in [0.717, 1.165) is 11.3 Å². The van der Waals surface area contributed by atoms with Gasteiger partial charge in [-0.25, -0.2) is 0 Å². The van der Waals surface area contributed by atoms with E-state index in [1.165, 1.54) is 0 Å². The molecule has 0 bridgehead atoms. The molecule has 2 N–H and O–H groups in total. The number of hydrogen-bond acceptors (Lipinski definition) is 3. The molecule has 0 fully saturated rings. The summed E-state index contributed by atoms with van der Waals surface area (Å²) < 4.78 is 0. The van der Waals surface area contributed by atoms with Crippen LogP contribution in [0.15, 0.2) is 29.4 Å². The average molecular weight is 160 g/mol. The molecule has 1 aliphatic rings. The van der Waals surface area contributed by atoms with E-state index in [-0.39, 0.29) is 5.75 Å². The minimum Gasteiger partial charge on any atom is -0.508 e. The van der Waals surface area contributed by atoms with Gasteiger partial charge in [-0.15, -0.1) is 0 Å². The first-order valence-corrected chi connectivity index (χ1v) is 3.65. The number of nitrogens with zero attached hydrogens (tertiary/aromatic N) is 1. The molecule has 2 rings (SSSR count). The van der Waals surface area contributed by atoms with Crippen LogP contribution in [-0.4, -0.2) is 11.3 Å². The van der Waals surface area contributed by atoms with Crippen LogP contribution in [0.3, 0.4) is 0 Å². The van der Waals surface area contributed by atoms with Crippen LogP contribution in [0.1, 0.15) is 5.56 Å². The van der Waals surface area contributed by atoms with E-state index in [1.54, 1.807) is 24.4 Å². The Balaban J connectivity index is 2.53. The van der Waals surface area contributed by atoms with Gasteiger partial charge < -0.3 is 5.11 Å². The highest BCUT2D eigenvalue weighted by Crippen LogP contribution is 2.23. The van der Waals surface area contributed by atoms with Crippen molar-refractivity contribution < 1.29 is 5.11 Å². The van der Waals surface area contributed by atoms with Crippen molar-refractivity contribution in [1.82, 2.24) is 0 Å². The van der Waals surface area contributed by atoms with Crippen LogP contribution in [0.25, 0.3) is 6.08 Å². The Morgan fingerprint density at radius 2 is 2.25 bits per heavy atom. The first kappa shape index (κ1) is 6.91. The van der Waals surface area contributed by atoms with Gasteiger partial charge in [-0.1, -0.05) is 6.08 Å². The van der Waals surface area contributed by atoms with Gasteiger partial charge in [0.2, 0.25) is 0 Å². The number of hydrogen-bond donors (Lipinski definition) is 2. The molecule has 12 heavy (non-hydrogen) atoms. The quantitative estimate of drug-likeness (QED) is 0.568. The van der Waals surface area contributed by atoms with Gasteiger partial charge in [0.05, 0.1) is 5.69 Å². The number of hydrazone groups is 1. The molecule has 1 aromatic carbocycles. The van der Waals surface area contributed by atoms with Gasteiger partial charge in [-0.2, -0.15) is 5.10 Å². The third-order valence-electron chi connectivity index (χ3n) is 1.66. The van der Waals surface area contributed by atoms with E-state index in [2.05, 4.69) is 10.5 Å². The molecule has 0 radical (unpaired) electrons. The van der Waals surface area contributed by atoms with Crippen molar-refractivity contribution in [3.8, 4) is 5.75 Å². The fourth-order valence-electron chi connectivity index (χ4n) is 1.09. The Morgan fingerprint density at radius 3 is 3.17 bits per heavy atom. The second-order valence-electron chi connectivity index (χ2n) is 2.52. The first-order valence-electron chi connectivity index (χ1n) is 3.65. The number of phenolic OH excluding ortho intramolecular Hbond substituents is 1. The molecule has 0 unspecified atom stereocenters. The summed E-state index contributed by atoms with van der Waals surface area (Å²) in [6.45, 7) is 0. The molecule has 0 amide bonds. The minimum atomic E-state index is 0.266. The Hall–Kier alpha value is -1.77. The number of anilines is 1. The van der Waals surface area contributed by atoms with Gasteiger partial charge in [0.15, 0.2) is 0 Å². The van der Waals surface area contributed by atoms with Crippen LogP contribution < -0.4 is 5.43 Å². The minimum absolute atomic E-state index is 0.266. The zero-order valence-corrected chi connectivity index (χ0v) is 6.36. The summed E-state index contributed by atoms with van der Waals surface area (Å²) >= 11 is 0. The van der Waals surface area contributed by atoms with Gasteiger partial charge in [0.1, 0.15) is 5.75 Å². The maximum atomic E-state index is 9.18. The van der Waals surface area contributed by atoms with Crippen molar-refractivity contribution in [2.45, 2.75) is 0 Å². The van der Waals surface area contributed by atoms with Gasteiger partial charge in [0, 0.05) is 11.8 Å². The van der Waals surface area contributed by atoms with E-state index in [0.29, 0.717) is 0 Å². The molecule has 3 nitrogen and oxygen atoms in total. The summed E-state index contributed by atoms with van der Waals surface area (Å²) in [6.07, 6.45) is 5.37. The molecule has 1 heterocycles. The van der Waals surface area contributed by atoms with Crippen LogP contribution in [0.2, 0.25) is 0 Å². The van der Waals surface area contributed by atoms with Crippen LogP contribution in [0, 0.1) is 0 Å². The molecule has 0 atom stereocenters. The van der Waals surface area contributed by atoms with Crippen LogP contribution >= 0.6 is 0 Å². The molecule has 1 aromatic rings. The monoisotopic (exact) mass is 160 g/mol. The molecule has 60 valence electrons. The summed E-state index contributed by atoms with van der Waals surface area (Å²) in [7, 11) is 0. The fraction of sp³-hybridized carbons (Fsp3) is 0. The van der Waals surface area contributed by atoms with Crippen LogP contribution in [0.4, 0.5) is 5.69 Å². The lowest BCUT2D eigenvalue weighted by atomic mass is 10.1. The number of fused-ring (bicyclic) bond motifs is 1. The number of phenols is 1. The van der Waals surface area contributed by atoms with Crippen LogP contribution in [-0.2, 0) is 0 Å². The summed E-state index contributed by atoms with van der Waals surface area (Å²) in [6, 6.07) is 5.10. The van der Waals surface area contributed by atoms with Crippen molar-refractivity contribution in [3.05, 3.63) is 29.8 Å². The van der Waals surface area contributed by atoms with Crippen molar-refractivity contribution in [2.75, 3.05) is 5.43 Å². The topological polar surface area (TPSA) is 44.6 Å². The fourth-order valence-corrected chi connectivity index (χ4v) is 1.09. The largest absolute Gasteiger partial charge is 0.508 e. The summed E-state index contributed by atoms with van der Waals surface area (Å²) in [5.74, 6) is 0.266. The highest BCUT2D eigenvalue weighted by atomic mass is 16.3. The lowest BCUT2D eigenvalue weighted by molar-refractivity contribution is 0.475. The number of allylic oxidation sites excluding steroid dienone is 1. The molecule has 0 spiro atoms. The summed E-state index contributed by atoms with van der Waals surface area (Å²) in [4.78, 5) is 0. The molecular formula is C9H8N2O. The molecule has 0 saturated carbocycles. The Morgan fingerprint density at radius 1 is 1.33 bits per heavy atom. The highest BCUT2D eigenvalue weighted by molar-refractivity contribution is 5.84. The smallest absolute Gasteiger partial charge is 0.116 e. The van der Waals surface area contributed by atoms with E-state index in [1.807, 2.05) is 12.2 Å². The highest BCUT2D eigenvalue weighted by Gasteiger charge is 2.00. The Kier molecular flexibility index (Phi) is 1.55. The zero-order valence-electron chi connectivity index (χ0n) is 6.36. The Bertz CT molecular complexity index is 356. The summed E-state index contributed by atoms with van der Waals surface area (Å²) in [5, 5.41) is 13.1. The van der Waals surface area contributed by atoms with E-state index in [9.17, 15) is 5.11 Å². The van der Waals surface area contributed by atoms with Crippen LogP contribution in [0.5, 0.6) is 5.75 Å². The second-order valence-corrected chi connectivity index (χ2v) is 2.52. The number of rotatable bonds is 0. The number of aromatic hydroxyl groups is 1. The zero-order chi connectivity index (χ0) is 8.39. The Labute approximate surface area is 70.0 Å². The molecular weight excluding hydrogens is 152 g/mol. The predicted octanol–water partition coefficient (Wildman–Crippen LogP) is 1.82. The lowest BCUT2D eigenvalue weighted by Gasteiger charge is -2.03. The first-order chi connectivity index (χ1) is 5.86. The van der Waals surface area contributed by atoms with E-state index < -0.39 is 0 Å². The van der Waals surface area contributed by atoms with Gasteiger partial charge >= 0.3 is 0 Å². The van der Waals surface area contributed by atoms with Crippen molar-refractivity contribution >= 4 is 18.0 Å². The molecule has 3 heteroatoms. The second kappa shape index (κ2) is 2.70. The van der Waals surface area contributed by atoms with Crippen molar-refractivity contribution in [1.29, 1.82) is 0 Å². The molecule has 0 aliphatic carbocycles. The third-order valence-corrected chi connectivity index (χ3v) is 1.66. The normalized spacial score (nSPS) is 13.3. The summed E-state index contributed by atoms with van der Waals surface area (Å²) in [5.41, 5.74) is 4.69. The van der Waals surface area contributed by atoms with Gasteiger partial charge in [-0.05, 0) is 24.3 Å². The predicted molar refractivity (Wildman–Crippen MR) is 49.3 cm³/mol. The van der Waals surface area contributed by atoms with E-state index >= 15 is 0 Å². The van der Waals surface area contributed by atoms with Crippen molar-refractivity contribution in [3.63, 3.8) is 0 Å².